The molecule has 1 amide bonds. The first kappa shape index (κ1) is 13.0. The van der Waals surface area contributed by atoms with Crippen LogP contribution in [0.25, 0.3) is 5.53 Å². The number of Topliss-reactive ketones (excluding diaryl/α,β-unsaturated/α-hetero) is 1. The van der Waals surface area contributed by atoms with Gasteiger partial charge in [-0.3, -0.25) is 14.5 Å². The van der Waals surface area contributed by atoms with Gasteiger partial charge in [-0.1, -0.05) is 0 Å². The van der Waals surface area contributed by atoms with Gasteiger partial charge in [0.2, 0.25) is 0 Å². The zero-order chi connectivity index (χ0) is 12.8. The van der Waals surface area contributed by atoms with E-state index in [9.17, 15) is 14.4 Å². The molecule has 1 unspecified atom stereocenters. The van der Waals surface area contributed by atoms with Crippen molar-refractivity contribution >= 4 is 23.9 Å². The summed E-state index contributed by atoms with van der Waals surface area (Å²) < 4.78 is 0. The summed E-state index contributed by atoms with van der Waals surface area (Å²) in [6.45, 7) is 0.271. The molecule has 0 N–H and O–H groups in total. The van der Waals surface area contributed by atoms with Crippen LogP contribution < -0.4 is 0 Å². The first-order chi connectivity index (χ1) is 8.11. The third-order valence-electron chi connectivity index (χ3n) is 2.34. The molecule has 1 heterocycles. The fraction of sp³-hybridized carbons (Fsp3) is 0.556. The molecule has 17 heavy (non-hydrogen) atoms. The predicted molar refractivity (Wildman–Crippen MR) is 52.5 cm³/mol. The normalized spacial score (nSPS) is 18.4. The van der Waals surface area contributed by atoms with Gasteiger partial charge in [0.1, 0.15) is 6.04 Å². The van der Waals surface area contributed by atoms with Crippen LogP contribution in [0.1, 0.15) is 12.8 Å². The first-order valence-electron chi connectivity index (χ1n) is 4.88. The van der Waals surface area contributed by atoms with E-state index in [0.717, 1.165) is 4.90 Å². The zero-order valence-corrected chi connectivity index (χ0v) is 9.16. The van der Waals surface area contributed by atoms with Crippen molar-refractivity contribution < 1.29 is 28.9 Å². The smallest absolute Gasteiger partial charge is 0.361 e. The van der Waals surface area contributed by atoms with E-state index < -0.39 is 23.7 Å². The molecule has 8 nitrogen and oxygen atoms in total. The van der Waals surface area contributed by atoms with Crippen LogP contribution in [0.5, 0.6) is 0 Å². The quantitative estimate of drug-likeness (QED) is 0.156. The molecular weight excluding hydrogens is 230 g/mol. The Morgan fingerprint density at radius 3 is 2.76 bits per heavy atom. The van der Waals surface area contributed by atoms with E-state index in [1.54, 1.807) is 0 Å². The van der Waals surface area contributed by atoms with Crippen molar-refractivity contribution in [2.45, 2.75) is 18.9 Å². The average molecular weight is 241 g/mol. The second-order valence-electron chi connectivity index (χ2n) is 3.33. The van der Waals surface area contributed by atoms with E-state index in [1.807, 2.05) is 0 Å². The van der Waals surface area contributed by atoms with Gasteiger partial charge >= 0.3 is 23.9 Å². The molecule has 1 fully saturated rings. The fourth-order valence-corrected chi connectivity index (χ4v) is 1.64. The summed E-state index contributed by atoms with van der Waals surface area (Å²) in [5.74, 6) is -2.63. The minimum absolute atomic E-state index is 0.271. The number of carbonyl (C=O) groups excluding carboxylic acids is 3. The number of nitrogens with zero attached hydrogens (tertiary/aromatic N) is 3. The number of amides is 1. The number of ketones is 1. The van der Waals surface area contributed by atoms with Crippen molar-refractivity contribution in [3.63, 3.8) is 0 Å². The van der Waals surface area contributed by atoms with Crippen molar-refractivity contribution in [2.24, 2.45) is 0 Å². The first-order valence-corrected chi connectivity index (χ1v) is 4.88. The number of carbonyl (C=O) groups is 3. The highest BCUT2D eigenvalue weighted by Crippen LogP contribution is 2.18. The number of rotatable bonds is 4. The van der Waals surface area contributed by atoms with E-state index >= 15 is 0 Å². The monoisotopic (exact) mass is 241 g/mol. The molecule has 1 aliphatic rings. The standard InChI is InChI=1S/C9H11N3O5/c1-16-17-9(15)6-3-2-4-12(6)8(14)7(13)5-11-10/h5-6H,2-4H2,1H3. The van der Waals surface area contributed by atoms with Gasteiger partial charge in [-0.15, -0.1) is 0 Å². The molecule has 0 aromatic heterocycles. The maximum atomic E-state index is 11.6. The minimum Gasteiger partial charge on any atom is -0.361 e. The Balaban J connectivity index is 2.75. The maximum Gasteiger partial charge on any atom is 0.364 e. The van der Waals surface area contributed by atoms with Crippen LogP contribution in [0.15, 0.2) is 0 Å². The van der Waals surface area contributed by atoms with E-state index in [1.165, 1.54) is 7.11 Å². The van der Waals surface area contributed by atoms with Crippen LogP contribution in [-0.4, -0.2) is 53.3 Å². The van der Waals surface area contributed by atoms with Crippen molar-refractivity contribution in [2.75, 3.05) is 13.7 Å². The highest BCUT2D eigenvalue weighted by atomic mass is 17.2. The summed E-state index contributed by atoms with van der Waals surface area (Å²) in [7, 11) is 1.17. The van der Waals surface area contributed by atoms with Crippen LogP contribution >= 0.6 is 0 Å². The molecule has 0 saturated carbocycles. The minimum atomic E-state index is -0.996. The molecule has 0 spiro atoms. The lowest BCUT2D eigenvalue weighted by Crippen LogP contribution is -2.44. The van der Waals surface area contributed by atoms with Crippen LogP contribution in [-0.2, 0) is 24.2 Å². The van der Waals surface area contributed by atoms with Gasteiger partial charge < -0.3 is 10.4 Å². The SMILES string of the molecule is COOC(=O)C1CCCN1C(=O)C(=O)C=[N+]=[N-]. The molecule has 0 bridgehead atoms. The summed E-state index contributed by atoms with van der Waals surface area (Å²) in [4.78, 5) is 46.2. The van der Waals surface area contributed by atoms with Crippen LogP contribution in [0.2, 0.25) is 0 Å². The largest absolute Gasteiger partial charge is 0.364 e. The fourth-order valence-electron chi connectivity index (χ4n) is 1.64. The third kappa shape index (κ3) is 2.96. The van der Waals surface area contributed by atoms with Crippen molar-refractivity contribution in [1.82, 2.24) is 4.90 Å². The van der Waals surface area contributed by atoms with E-state index in [-0.39, 0.29) is 6.54 Å². The molecule has 0 radical (unpaired) electrons. The Labute approximate surface area is 96.6 Å². The lowest BCUT2D eigenvalue weighted by molar-refractivity contribution is -0.258. The maximum absolute atomic E-state index is 11.6. The molecule has 1 saturated heterocycles. The second kappa shape index (κ2) is 5.88. The Morgan fingerprint density at radius 1 is 1.47 bits per heavy atom. The zero-order valence-electron chi connectivity index (χ0n) is 9.16. The molecular formula is C9H11N3O5. The van der Waals surface area contributed by atoms with Gasteiger partial charge in [-0.05, 0) is 12.8 Å². The average Bonchev–Trinajstić information content (AvgIpc) is 2.77. The van der Waals surface area contributed by atoms with Gasteiger partial charge in [0.25, 0.3) is 0 Å². The Morgan fingerprint density at radius 2 is 2.18 bits per heavy atom. The predicted octanol–water partition coefficient (Wildman–Crippen LogP) is -1.05. The Hall–Kier alpha value is -2.05. The molecule has 0 aromatic carbocycles. The van der Waals surface area contributed by atoms with Crippen LogP contribution in [0, 0.1) is 0 Å². The van der Waals surface area contributed by atoms with Crippen LogP contribution in [0.4, 0.5) is 0 Å². The molecule has 0 aliphatic carbocycles. The van der Waals surface area contributed by atoms with E-state index in [0.29, 0.717) is 19.1 Å². The van der Waals surface area contributed by atoms with Crippen LogP contribution in [0.3, 0.4) is 0 Å². The third-order valence-corrected chi connectivity index (χ3v) is 2.34. The lowest BCUT2D eigenvalue weighted by atomic mass is 10.2. The van der Waals surface area contributed by atoms with Gasteiger partial charge in [0.15, 0.2) is 0 Å². The Kier molecular flexibility index (Phi) is 4.50. The Bertz CT molecular complexity index is 388. The van der Waals surface area contributed by atoms with Crippen molar-refractivity contribution in [3.05, 3.63) is 5.53 Å². The number of likely N-dealkylation sites (tertiary alicyclic amines) is 1. The molecule has 1 atom stereocenters. The summed E-state index contributed by atoms with van der Waals surface area (Å²) in [5.41, 5.74) is 8.15. The summed E-state index contributed by atoms with van der Waals surface area (Å²) >= 11 is 0. The number of hydrogen-bond donors (Lipinski definition) is 0. The van der Waals surface area contributed by atoms with Crippen molar-refractivity contribution in [3.8, 4) is 0 Å². The van der Waals surface area contributed by atoms with Gasteiger partial charge in [-0.2, -0.15) is 9.68 Å². The highest BCUT2D eigenvalue weighted by Gasteiger charge is 2.38. The molecule has 8 heteroatoms. The summed E-state index contributed by atoms with van der Waals surface area (Å²) in [5, 5.41) is 0. The summed E-state index contributed by atoms with van der Waals surface area (Å²) in [6, 6.07) is -0.835. The topological polar surface area (TPSA) is 109 Å². The summed E-state index contributed by atoms with van der Waals surface area (Å²) in [6.07, 6.45) is 1.47. The van der Waals surface area contributed by atoms with Gasteiger partial charge in [-0.25, -0.2) is 4.79 Å². The molecule has 92 valence electrons. The van der Waals surface area contributed by atoms with E-state index in [2.05, 4.69) is 14.6 Å². The lowest BCUT2D eigenvalue weighted by Gasteiger charge is -2.20. The molecule has 1 aliphatic heterocycles. The highest BCUT2D eigenvalue weighted by molar-refractivity contribution is 6.57. The second-order valence-corrected chi connectivity index (χ2v) is 3.33. The molecule has 1 rings (SSSR count). The number of hydrogen-bond acceptors (Lipinski definition) is 5. The van der Waals surface area contributed by atoms with E-state index in [4.69, 9.17) is 5.53 Å². The molecule has 0 aromatic rings. The van der Waals surface area contributed by atoms with Gasteiger partial charge in [0, 0.05) is 6.54 Å². The van der Waals surface area contributed by atoms with Gasteiger partial charge in [0.05, 0.1) is 7.11 Å². The van der Waals surface area contributed by atoms with Crippen molar-refractivity contribution in [1.29, 1.82) is 0 Å².